The summed E-state index contributed by atoms with van der Waals surface area (Å²) in [4.78, 5) is 33.7. The Morgan fingerprint density at radius 3 is 2.58 bits per heavy atom. The van der Waals surface area contributed by atoms with Crippen molar-refractivity contribution in [2.24, 2.45) is 0 Å². The average molecular weight is 558 g/mol. The summed E-state index contributed by atoms with van der Waals surface area (Å²) in [6.07, 6.45) is -3.03. The molecule has 0 unspecified atom stereocenters. The number of halogens is 4. The number of rotatable bonds is 5. The Kier molecular flexibility index (Phi) is 7.00. The van der Waals surface area contributed by atoms with Crippen molar-refractivity contribution in [1.29, 1.82) is 0 Å². The summed E-state index contributed by atoms with van der Waals surface area (Å²) in [6.45, 7) is 0.621. The fourth-order valence-corrected chi connectivity index (χ4v) is 4.71. The molecule has 1 saturated heterocycles. The lowest BCUT2D eigenvalue weighted by molar-refractivity contribution is -0.137. The van der Waals surface area contributed by atoms with Crippen LogP contribution in [0.25, 0.3) is 22.3 Å². The third kappa shape index (κ3) is 5.24. The van der Waals surface area contributed by atoms with Gasteiger partial charge in [-0.05, 0) is 36.6 Å². The number of hydrogen-bond donors (Lipinski definition) is 3. The molecular formula is C26H23F4N7O3. The predicted molar refractivity (Wildman–Crippen MR) is 136 cm³/mol. The number of benzene rings is 2. The van der Waals surface area contributed by atoms with Gasteiger partial charge in [-0.25, -0.2) is 23.8 Å². The van der Waals surface area contributed by atoms with Crippen molar-refractivity contribution in [3.8, 4) is 11.3 Å². The number of carbonyl (C=O) groups is 2. The molecule has 0 aliphatic carbocycles. The van der Waals surface area contributed by atoms with Crippen molar-refractivity contribution in [2.45, 2.75) is 31.6 Å². The average Bonchev–Trinajstić information content (AvgIpc) is 3.33. The van der Waals surface area contributed by atoms with E-state index in [1.54, 1.807) is 28.9 Å². The summed E-state index contributed by atoms with van der Waals surface area (Å²) < 4.78 is 54.6. The molecule has 0 radical (unpaired) electrons. The van der Waals surface area contributed by atoms with Gasteiger partial charge in [-0.1, -0.05) is 24.3 Å². The summed E-state index contributed by atoms with van der Waals surface area (Å²) in [5.41, 5.74) is 6.55. The van der Waals surface area contributed by atoms with E-state index in [0.717, 1.165) is 0 Å². The normalized spacial score (nSPS) is 15.8. The number of hydrogen-bond acceptors (Lipinski definition) is 6. The van der Waals surface area contributed by atoms with Crippen molar-refractivity contribution in [3.63, 3.8) is 0 Å². The summed E-state index contributed by atoms with van der Waals surface area (Å²) in [6, 6.07) is 8.20. The number of fused-ring (bicyclic) bond motifs is 1. The van der Waals surface area contributed by atoms with Crippen LogP contribution in [-0.4, -0.2) is 54.8 Å². The van der Waals surface area contributed by atoms with Crippen LogP contribution in [0.5, 0.6) is 0 Å². The molecule has 2 aromatic heterocycles. The van der Waals surface area contributed by atoms with E-state index in [2.05, 4.69) is 15.3 Å². The van der Waals surface area contributed by atoms with Gasteiger partial charge in [0.25, 0.3) is 5.91 Å². The van der Waals surface area contributed by atoms with E-state index in [9.17, 15) is 32.3 Å². The second-order valence-corrected chi connectivity index (χ2v) is 9.35. The second kappa shape index (κ2) is 10.4. The molecule has 5 rings (SSSR count). The summed E-state index contributed by atoms with van der Waals surface area (Å²) >= 11 is 0. The number of piperidine rings is 1. The van der Waals surface area contributed by atoms with Gasteiger partial charge in [-0.3, -0.25) is 4.79 Å². The second-order valence-electron chi connectivity index (χ2n) is 9.35. The molecule has 0 spiro atoms. The molecule has 4 aromatic rings. The largest absolute Gasteiger partial charge is 0.465 e. The minimum Gasteiger partial charge on any atom is -0.465 e. The highest BCUT2D eigenvalue weighted by Gasteiger charge is 2.32. The number of aromatic nitrogens is 4. The van der Waals surface area contributed by atoms with E-state index in [0.29, 0.717) is 65.4 Å². The summed E-state index contributed by atoms with van der Waals surface area (Å²) in [7, 11) is 0. The number of likely N-dealkylation sites (tertiary alicyclic amines) is 1. The molecular weight excluding hydrogens is 534 g/mol. The molecule has 3 heterocycles. The maximum atomic E-state index is 14.0. The lowest BCUT2D eigenvalue weighted by Gasteiger charge is -2.30. The van der Waals surface area contributed by atoms with E-state index in [1.165, 1.54) is 11.2 Å². The Morgan fingerprint density at radius 2 is 1.88 bits per heavy atom. The van der Waals surface area contributed by atoms with Gasteiger partial charge >= 0.3 is 12.3 Å². The van der Waals surface area contributed by atoms with Gasteiger partial charge < -0.3 is 21.1 Å². The van der Waals surface area contributed by atoms with Crippen molar-refractivity contribution in [2.75, 3.05) is 18.8 Å². The van der Waals surface area contributed by atoms with E-state index in [-0.39, 0.29) is 24.9 Å². The quantitative estimate of drug-likeness (QED) is 0.308. The minimum absolute atomic E-state index is 0.0671. The zero-order chi connectivity index (χ0) is 28.6. The van der Waals surface area contributed by atoms with Crippen LogP contribution in [0.15, 0.2) is 48.8 Å². The van der Waals surface area contributed by atoms with Gasteiger partial charge in [0, 0.05) is 25.2 Å². The number of nitrogens with zero attached hydrogens (tertiary/aromatic N) is 5. The Balaban J connectivity index is 1.37. The zero-order valence-electron chi connectivity index (χ0n) is 20.8. The first-order valence-electron chi connectivity index (χ1n) is 12.2. The molecule has 14 heteroatoms. The number of nitrogen functional groups attached to an aromatic ring is 1. The Morgan fingerprint density at radius 1 is 1.12 bits per heavy atom. The van der Waals surface area contributed by atoms with Crippen LogP contribution >= 0.6 is 0 Å². The number of alkyl halides is 3. The Labute approximate surface area is 224 Å². The highest BCUT2D eigenvalue weighted by Crippen LogP contribution is 2.34. The lowest BCUT2D eigenvalue weighted by Crippen LogP contribution is -2.40. The first kappa shape index (κ1) is 26.8. The van der Waals surface area contributed by atoms with Crippen LogP contribution in [0.2, 0.25) is 0 Å². The van der Waals surface area contributed by atoms with Crippen LogP contribution < -0.4 is 11.1 Å². The molecule has 1 fully saturated rings. The molecule has 1 aliphatic rings. The van der Waals surface area contributed by atoms with Crippen LogP contribution in [-0.2, 0) is 12.7 Å². The van der Waals surface area contributed by atoms with Crippen LogP contribution in [0.1, 0.15) is 40.4 Å². The van der Waals surface area contributed by atoms with Crippen LogP contribution in [0, 0.1) is 5.82 Å². The van der Waals surface area contributed by atoms with Crippen molar-refractivity contribution >= 4 is 28.9 Å². The molecule has 10 nitrogen and oxygen atoms in total. The molecule has 1 atom stereocenters. The molecule has 1 aliphatic heterocycles. The molecule has 2 aromatic carbocycles. The highest BCUT2D eigenvalue weighted by atomic mass is 19.4. The first-order valence-corrected chi connectivity index (χ1v) is 12.2. The number of carbonyl (C=O) groups excluding carboxylic acids is 1. The maximum Gasteiger partial charge on any atom is 0.416 e. The summed E-state index contributed by atoms with van der Waals surface area (Å²) in [5.74, 6) is -1.84. The van der Waals surface area contributed by atoms with Gasteiger partial charge in [0.05, 0.1) is 22.6 Å². The molecule has 208 valence electrons. The molecule has 0 saturated carbocycles. The third-order valence-electron chi connectivity index (χ3n) is 6.75. The Hall–Kier alpha value is -4.75. The maximum absolute atomic E-state index is 14.0. The fourth-order valence-electron chi connectivity index (χ4n) is 4.71. The number of anilines is 1. The smallest absolute Gasteiger partial charge is 0.416 e. The first-order chi connectivity index (χ1) is 19.0. The van der Waals surface area contributed by atoms with Gasteiger partial charge in [0.15, 0.2) is 5.65 Å². The van der Waals surface area contributed by atoms with E-state index >= 15 is 0 Å². The fraction of sp³-hybridized carbons (Fsp3) is 0.269. The zero-order valence-corrected chi connectivity index (χ0v) is 20.8. The van der Waals surface area contributed by atoms with E-state index in [1.807, 2.05) is 0 Å². The van der Waals surface area contributed by atoms with Crippen molar-refractivity contribution < 1.29 is 32.3 Å². The molecule has 0 bridgehead atoms. The van der Waals surface area contributed by atoms with Crippen molar-refractivity contribution in [3.05, 3.63) is 71.3 Å². The third-order valence-corrected chi connectivity index (χ3v) is 6.75. The highest BCUT2D eigenvalue weighted by molar-refractivity contribution is 5.98. The summed E-state index contributed by atoms with van der Waals surface area (Å²) in [5, 5.41) is 17.1. The van der Waals surface area contributed by atoms with Crippen LogP contribution in [0.3, 0.4) is 0 Å². The predicted octanol–water partition coefficient (Wildman–Crippen LogP) is 4.48. The number of carboxylic acid groups (broad SMARTS) is 1. The van der Waals surface area contributed by atoms with Gasteiger partial charge in [-0.2, -0.15) is 18.3 Å². The number of nitrogens with one attached hydrogen (secondary N) is 1. The van der Waals surface area contributed by atoms with Gasteiger partial charge in [0.1, 0.15) is 23.7 Å². The van der Waals surface area contributed by atoms with Crippen LogP contribution in [0.4, 0.5) is 28.2 Å². The lowest BCUT2D eigenvalue weighted by atomic mass is 10.1. The molecule has 4 N–H and O–H groups in total. The number of nitrogens with two attached hydrogens (primary N) is 1. The molecule has 40 heavy (non-hydrogen) atoms. The monoisotopic (exact) mass is 557 g/mol. The van der Waals surface area contributed by atoms with E-state index in [4.69, 9.17) is 10.8 Å². The minimum atomic E-state index is -4.71. The van der Waals surface area contributed by atoms with Gasteiger partial charge in [-0.15, -0.1) is 0 Å². The molecule has 2 amide bonds. The van der Waals surface area contributed by atoms with Crippen molar-refractivity contribution in [1.82, 2.24) is 30.0 Å². The Bertz CT molecular complexity index is 1590. The number of amides is 2. The topological polar surface area (TPSA) is 139 Å². The standard InChI is InChI=1S/C26H23F4N7O3/c27-19-8-7-16(26(28,29)30)10-18(19)24(38)32-11-14-3-5-15(6-4-14)21-20-22(31)33-13-34-23(20)37(35-21)17-2-1-9-36(12-17)25(39)40/h3-8,10,13,17H,1-2,9,11-12H2,(H,32,38)(H,39,40)(H2,31,33,34)/t17-/m1/s1. The SMILES string of the molecule is Nc1ncnc2c1c(-c1ccc(CNC(=O)c3cc(C(F)(F)F)ccc3F)cc1)nn2[C@@H]1CCCN(C(=O)O)C1. The van der Waals surface area contributed by atoms with Gasteiger partial charge in [0.2, 0.25) is 0 Å². The van der Waals surface area contributed by atoms with E-state index < -0.39 is 35.1 Å².